The van der Waals surface area contributed by atoms with E-state index >= 15 is 0 Å². The lowest BCUT2D eigenvalue weighted by atomic mass is 10.3. The van der Waals surface area contributed by atoms with Crippen molar-refractivity contribution in [2.24, 2.45) is 4.99 Å². The van der Waals surface area contributed by atoms with Gasteiger partial charge in [0.05, 0.1) is 15.9 Å². The van der Waals surface area contributed by atoms with E-state index in [2.05, 4.69) is 35.1 Å². The van der Waals surface area contributed by atoms with E-state index in [0.717, 1.165) is 22.8 Å². The maximum atomic E-state index is 4.80. The fraction of sp³-hybridized carbons (Fsp3) is 0.188. The molecule has 0 bridgehead atoms. The van der Waals surface area contributed by atoms with Gasteiger partial charge in [0.15, 0.2) is 4.80 Å². The second-order valence-electron chi connectivity index (χ2n) is 4.44. The Bertz CT molecular complexity index is 757. The van der Waals surface area contributed by atoms with Crippen LogP contribution in [0.5, 0.6) is 0 Å². The van der Waals surface area contributed by atoms with Gasteiger partial charge < -0.3 is 4.57 Å². The van der Waals surface area contributed by atoms with E-state index < -0.39 is 0 Å². The van der Waals surface area contributed by atoms with E-state index in [0.29, 0.717) is 0 Å². The quantitative estimate of drug-likeness (QED) is 0.702. The third kappa shape index (κ3) is 2.81. The highest BCUT2D eigenvalue weighted by Gasteiger charge is 2.05. The molecule has 0 radical (unpaired) electrons. The Kier molecular flexibility index (Phi) is 4.23. The van der Waals surface area contributed by atoms with Crippen molar-refractivity contribution in [2.45, 2.75) is 6.54 Å². The summed E-state index contributed by atoms with van der Waals surface area (Å²) in [5, 5.41) is 0. The molecule has 0 amide bonds. The molecular weight excluding hydrogens is 284 g/mol. The van der Waals surface area contributed by atoms with Crippen LogP contribution >= 0.6 is 23.1 Å². The Balaban J connectivity index is 2.16. The van der Waals surface area contributed by atoms with Crippen LogP contribution in [0, 0.1) is 0 Å². The van der Waals surface area contributed by atoms with Crippen molar-refractivity contribution in [1.29, 1.82) is 0 Å². The first-order valence-electron chi connectivity index (χ1n) is 6.55. The molecule has 0 N–H and O–H groups in total. The molecule has 0 spiro atoms. The predicted octanol–water partition coefficient (Wildman–Crippen LogP) is 4.30. The Morgan fingerprint density at radius 3 is 2.60 bits per heavy atom. The third-order valence-electron chi connectivity index (χ3n) is 3.09. The third-order valence-corrected chi connectivity index (χ3v) is 4.74. The largest absolute Gasteiger partial charge is 0.316 e. The number of aromatic nitrogens is 1. The molecular formula is C16H16N2S2. The van der Waals surface area contributed by atoms with Crippen LogP contribution in [-0.4, -0.2) is 16.6 Å². The minimum Gasteiger partial charge on any atom is -0.316 e. The van der Waals surface area contributed by atoms with Crippen LogP contribution in [0.4, 0.5) is 5.69 Å². The summed E-state index contributed by atoms with van der Waals surface area (Å²) in [6.45, 7) is 0.997. The second kappa shape index (κ2) is 6.29. The summed E-state index contributed by atoms with van der Waals surface area (Å²) < 4.78 is 3.62. The molecule has 1 heterocycles. The van der Waals surface area contributed by atoms with Gasteiger partial charge in [-0.15, -0.1) is 0 Å². The number of nitrogens with zero attached hydrogens (tertiary/aromatic N) is 2. The molecule has 0 atom stereocenters. The first-order valence-corrected chi connectivity index (χ1v) is 8.76. The van der Waals surface area contributed by atoms with Crippen LogP contribution in [0.1, 0.15) is 0 Å². The Morgan fingerprint density at radius 2 is 1.80 bits per heavy atom. The highest BCUT2D eigenvalue weighted by Crippen LogP contribution is 2.18. The molecule has 3 aromatic rings. The summed E-state index contributed by atoms with van der Waals surface area (Å²) in [4.78, 5) is 5.88. The van der Waals surface area contributed by atoms with E-state index in [1.165, 1.54) is 10.2 Å². The van der Waals surface area contributed by atoms with E-state index in [-0.39, 0.29) is 0 Å². The summed E-state index contributed by atoms with van der Waals surface area (Å²) in [5.41, 5.74) is 2.29. The molecule has 2 aromatic carbocycles. The van der Waals surface area contributed by atoms with Crippen molar-refractivity contribution in [3.63, 3.8) is 0 Å². The Morgan fingerprint density at radius 1 is 1.05 bits per heavy atom. The van der Waals surface area contributed by atoms with Crippen LogP contribution in [0.2, 0.25) is 0 Å². The predicted molar refractivity (Wildman–Crippen MR) is 89.9 cm³/mol. The van der Waals surface area contributed by atoms with Crippen LogP contribution in [0.3, 0.4) is 0 Å². The number of hydrogen-bond acceptors (Lipinski definition) is 3. The summed E-state index contributed by atoms with van der Waals surface area (Å²) in [6.07, 6.45) is 2.14. The van der Waals surface area contributed by atoms with Crippen LogP contribution in [-0.2, 0) is 6.54 Å². The number of fused-ring (bicyclic) bond motifs is 1. The Labute approximate surface area is 126 Å². The van der Waals surface area contributed by atoms with E-state index in [1.807, 2.05) is 42.1 Å². The lowest BCUT2D eigenvalue weighted by Crippen LogP contribution is -2.15. The van der Waals surface area contributed by atoms with Gasteiger partial charge in [-0.2, -0.15) is 11.8 Å². The van der Waals surface area contributed by atoms with Crippen LogP contribution < -0.4 is 4.80 Å². The molecule has 20 heavy (non-hydrogen) atoms. The first-order chi connectivity index (χ1) is 9.88. The van der Waals surface area contributed by atoms with Crippen molar-refractivity contribution in [2.75, 3.05) is 12.0 Å². The fourth-order valence-corrected chi connectivity index (χ4v) is 3.56. The molecule has 0 saturated carbocycles. The summed E-state index contributed by atoms with van der Waals surface area (Å²) >= 11 is 3.62. The van der Waals surface area contributed by atoms with Gasteiger partial charge in [-0.1, -0.05) is 41.7 Å². The minimum atomic E-state index is 0.997. The van der Waals surface area contributed by atoms with E-state index in [9.17, 15) is 0 Å². The van der Waals surface area contributed by atoms with E-state index in [4.69, 9.17) is 4.99 Å². The smallest absolute Gasteiger partial charge is 0.190 e. The zero-order valence-corrected chi connectivity index (χ0v) is 13.0. The highest BCUT2D eigenvalue weighted by atomic mass is 32.2. The Hall–Kier alpha value is -1.52. The monoisotopic (exact) mass is 300 g/mol. The number of rotatable bonds is 4. The van der Waals surface area contributed by atoms with Crippen molar-refractivity contribution in [3.05, 3.63) is 59.4 Å². The van der Waals surface area contributed by atoms with E-state index in [1.54, 1.807) is 11.3 Å². The van der Waals surface area contributed by atoms with Gasteiger partial charge in [0.25, 0.3) is 0 Å². The number of thioether (sulfide) groups is 1. The average molecular weight is 300 g/mol. The molecule has 0 fully saturated rings. The summed E-state index contributed by atoms with van der Waals surface area (Å²) in [7, 11) is 0. The van der Waals surface area contributed by atoms with Gasteiger partial charge >= 0.3 is 0 Å². The molecule has 3 rings (SSSR count). The highest BCUT2D eigenvalue weighted by molar-refractivity contribution is 7.98. The summed E-state index contributed by atoms with van der Waals surface area (Å²) in [6, 6.07) is 18.7. The van der Waals surface area contributed by atoms with Crippen LogP contribution in [0.25, 0.3) is 10.2 Å². The van der Waals surface area contributed by atoms with Crippen LogP contribution in [0.15, 0.2) is 59.6 Å². The fourth-order valence-electron chi connectivity index (χ4n) is 2.12. The number of benzene rings is 2. The molecule has 4 heteroatoms. The minimum absolute atomic E-state index is 0.997. The topological polar surface area (TPSA) is 17.3 Å². The molecule has 0 aliphatic rings. The zero-order valence-electron chi connectivity index (χ0n) is 11.3. The molecule has 102 valence electrons. The lowest BCUT2D eigenvalue weighted by Gasteiger charge is -2.03. The zero-order chi connectivity index (χ0) is 13.8. The van der Waals surface area contributed by atoms with Crippen molar-refractivity contribution < 1.29 is 0 Å². The SMILES string of the molecule is CSCCn1c(=Nc2ccccc2)sc2ccccc21. The van der Waals surface area contributed by atoms with Crippen molar-refractivity contribution >= 4 is 39.0 Å². The normalized spacial score (nSPS) is 12.2. The number of para-hydroxylation sites is 2. The maximum absolute atomic E-state index is 4.80. The molecule has 1 aromatic heterocycles. The second-order valence-corrected chi connectivity index (χ2v) is 6.44. The van der Waals surface area contributed by atoms with Gasteiger partial charge in [-0.05, 0) is 30.5 Å². The van der Waals surface area contributed by atoms with Crippen molar-refractivity contribution in [1.82, 2.24) is 4.57 Å². The summed E-state index contributed by atoms with van der Waals surface area (Å²) in [5.74, 6) is 1.10. The standard InChI is InChI=1S/C16H16N2S2/c1-19-12-11-18-14-9-5-6-10-15(14)20-16(18)17-13-7-3-2-4-8-13/h2-10H,11-12H2,1H3. The van der Waals surface area contributed by atoms with Gasteiger partial charge in [0, 0.05) is 12.3 Å². The average Bonchev–Trinajstić information content (AvgIpc) is 2.83. The van der Waals surface area contributed by atoms with Crippen molar-refractivity contribution in [3.8, 4) is 0 Å². The van der Waals surface area contributed by atoms with Gasteiger partial charge in [-0.3, -0.25) is 0 Å². The van der Waals surface area contributed by atoms with Gasteiger partial charge in [-0.25, -0.2) is 4.99 Å². The number of aryl methyl sites for hydroxylation is 1. The molecule has 0 saturated heterocycles. The van der Waals surface area contributed by atoms with Gasteiger partial charge in [0.2, 0.25) is 0 Å². The molecule has 2 nitrogen and oxygen atoms in total. The molecule has 0 aliphatic heterocycles. The molecule has 0 unspecified atom stereocenters. The lowest BCUT2D eigenvalue weighted by molar-refractivity contribution is 0.775. The number of hydrogen-bond donors (Lipinski definition) is 0. The van der Waals surface area contributed by atoms with Gasteiger partial charge in [0.1, 0.15) is 0 Å². The first kappa shape index (κ1) is 13.5. The maximum Gasteiger partial charge on any atom is 0.190 e. The number of thiazole rings is 1. The molecule has 0 aliphatic carbocycles.